The number of hydrogen-bond donors (Lipinski definition) is 1. The second-order valence-corrected chi connectivity index (χ2v) is 5.23. The summed E-state index contributed by atoms with van der Waals surface area (Å²) in [6.07, 6.45) is 2.77. The molecule has 0 aliphatic carbocycles. The zero-order chi connectivity index (χ0) is 13.8. The third-order valence-electron chi connectivity index (χ3n) is 3.15. The number of benzene rings is 1. The minimum atomic E-state index is -0.572. The van der Waals surface area contributed by atoms with Crippen molar-refractivity contribution in [2.75, 3.05) is 0 Å². The Morgan fingerprint density at radius 1 is 1.26 bits per heavy atom. The number of aliphatic hydroxyl groups excluding tert-OH is 1. The zero-order valence-corrected chi connectivity index (χ0v) is 12.0. The van der Waals surface area contributed by atoms with Crippen LogP contribution in [0.4, 0.5) is 0 Å². The Bertz CT molecular complexity index is 531. The molecular weight excluding hydrogens is 258 g/mol. The van der Waals surface area contributed by atoms with E-state index in [-0.39, 0.29) is 0 Å². The summed E-state index contributed by atoms with van der Waals surface area (Å²) in [4.78, 5) is 4.37. The predicted octanol–water partition coefficient (Wildman–Crippen LogP) is 3.88. The van der Waals surface area contributed by atoms with Crippen LogP contribution >= 0.6 is 11.6 Å². The van der Waals surface area contributed by atoms with Gasteiger partial charge in [0.25, 0.3) is 0 Å². The fourth-order valence-electron chi connectivity index (χ4n) is 2.06. The van der Waals surface area contributed by atoms with Gasteiger partial charge in [0.05, 0.1) is 6.10 Å². The van der Waals surface area contributed by atoms with Gasteiger partial charge in [0.15, 0.2) is 0 Å². The lowest BCUT2D eigenvalue weighted by atomic mass is 10.0. The van der Waals surface area contributed by atoms with Crippen molar-refractivity contribution in [1.29, 1.82) is 0 Å². The molecular formula is C16H18ClNO. The standard InChI is InChI=1S/C16H18ClNO/c1-3-12-4-5-15(18-10-12)9-16(19)13-6-11(2)7-14(17)8-13/h4-8,10,16,19H,3,9H2,1-2H3. The van der Waals surface area contributed by atoms with Crippen molar-refractivity contribution in [2.24, 2.45) is 0 Å². The van der Waals surface area contributed by atoms with E-state index in [4.69, 9.17) is 11.6 Å². The second kappa shape index (κ2) is 6.18. The van der Waals surface area contributed by atoms with E-state index in [1.807, 2.05) is 31.3 Å². The van der Waals surface area contributed by atoms with Crippen molar-refractivity contribution >= 4 is 11.6 Å². The number of nitrogens with zero attached hydrogens (tertiary/aromatic N) is 1. The van der Waals surface area contributed by atoms with E-state index in [1.54, 1.807) is 6.07 Å². The predicted molar refractivity (Wildman–Crippen MR) is 78.5 cm³/mol. The Morgan fingerprint density at radius 2 is 2.05 bits per heavy atom. The van der Waals surface area contributed by atoms with Gasteiger partial charge < -0.3 is 5.11 Å². The Balaban J connectivity index is 2.13. The molecule has 0 fully saturated rings. The van der Waals surface area contributed by atoms with Gasteiger partial charge in [-0.05, 0) is 48.2 Å². The van der Waals surface area contributed by atoms with Gasteiger partial charge in [-0.1, -0.05) is 30.7 Å². The van der Waals surface area contributed by atoms with Gasteiger partial charge in [0.1, 0.15) is 0 Å². The van der Waals surface area contributed by atoms with Crippen LogP contribution in [0.1, 0.15) is 35.4 Å². The quantitative estimate of drug-likeness (QED) is 0.918. The average molecular weight is 276 g/mol. The topological polar surface area (TPSA) is 33.1 Å². The molecule has 2 aromatic rings. The third-order valence-corrected chi connectivity index (χ3v) is 3.36. The number of pyridine rings is 1. The van der Waals surface area contributed by atoms with Crippen LogP contribution in [0.3, 0.4) is 0 Å². The van der Waals surface area contributed by atoms with Gasteiger partial charge in [0, 0.05) is 23.3 Å². The number of rotatable bonds is 4. The molecule has 2 rings (SSSR count). The molecule has 0 amide bonds. The SMILES string of the molecule is CCc1ccc(CC(O)c2cc(C)cc(Cl)c2)nc1. The van der Waals surface area contributed by atoms with Crippen molar-refractivity contribution in [3.05, 3.63) is 63.9 Å². The Morgan fingerprint density at radius 3 is 2.63 bits per heavy atom. The fraction of sp³-hybridized carbons (Fsp3) is 0.312. The molecule has 1 atom stereocenters. The highest BCUT2D eigenvalue weighted by molar-refractivity contribution is 6.30. The van der Waals surface area contributed by atoms with Crippen LogP contribution in [-0.2, 0) is 12.8 Å². The molecule has 1 aromatic heterocycles. The lowest BCUT2D eigenvalue weighted by molar-refractivity contribution is 0.177. The average Bonchev–Trinajstić information content (AvgIpc) is 2.38. The molecule has 100 valence electrons. The maximum atomic E-state index is 10.3. The van der Waals surface area contributed by atoms with Crippen molar-refractivity contribution in [1.82, 2.24) is 4.98 Å². The van der Waals surface area contributed by atoms with Crippen LogP contribution in [-0.4, -0.2) is 10.1 Å². The molecule has 1 N–H and O–H groups in total. The van der Waals surface area contributed by atoms with Crippen LogP contribution < -0.4 is 0 Å². The highest BCUT2D eigenvalue weighted by atomic mass is 35.5. The maximum Gasteiger partial charge on any atom is 0.0846 e. The van der Waals surface area contributed by atoms with E-state index in [1.165, 1.54) is 5.56 Å². The highest BCUT2D eigenvalue weighted by Crippen LogP contribution is 2.22. The normalized spacial score (nSPS) is 12.4. The summed E-state index contributed by atoms with van der Waals surface area (Å²) in [5, 5.41) is 10.9. The first kappa shape index (κ1) is 14.0. The monoisotopic (exact) mass is 275 g/mol. The van der Waals surface area contributed by atoms with E-state index >= 15 is 0 Å². The largest absolute Gasteiger partial charge is 0.388 e. The van der Waals surface area contributed by atoms with Crippen molar-refractivity contribution in [3.8, 4) is 0 Å². The number of halogens is 1. The van der Waals surface area contributed by atoms with Gasteiger partial charge in [-0.2, -0.15) is 0 Å². The number of aryl methyl sites for hydroxylation is 2. The molecule has 0 saturated heterocycles. The fourth-order valence-corrected chi connectivity index (χ4v) is 2.36. The van der Waals surface area contributed by atoms with E-state index in [9.17, 15) is 5.11 Å². The Labute approximate surface area is 119 Å². The molecule has 0 radical (unpaired) electrons. The van der Waals surface area contributed by atoms with Crippen molar-refractivity contribution in [3.63, 3.8) is 0 Å². The number of hydrogen-bond acceptors (Lipinski definition) is 2. The lowest BCUT2D eigenvalue weighted by Gasteiger charge is -2.12. The van der Waals surface area contributed by atoms with Crippen molar-refractivity contribution in [2.45, 2.75) is 32.8 Å². The summed E-state index contributed by atoms with van der Waals surface area (Å²) in [6.45, 7) is 4.07. The van der Waals surface area contributed by atoms with Gasteiger partial charge >= 0.3 is 0 Å². The van der Waals surface area contributed by atoms with E-state index in [0.717, 1.165) is 23.2 Å². The Kier molecular flexibility index (Phi) is 4.56. The first-order chi connectivity index (χ1) is 9.08. The number of aromatic nitrogens is 1. The van der Waals surface area contributed by atoms with Crippen LogP contribution in [0.5, 0.6) is 0 Å². The molecule has 0 bridgehead atoms. The first-order valence-corrected chi connectivity index (χ1v) is 6.85. The molecule has 2 nitrogen and oxygen atoms in total. The number of aliphatic hydroxyl groups is 1. The van der Waals surface area contributed by atoms with Crippen LogP contribution in [0.15, 0.2) is 36.5 Å². The van der Waals surface area contributed by atoms with Crippen molar-refractivity contribution < 1.29 is 5.11 Å². The smallest absolute Gasteiger partial charge is 0.0846 e. The summed E-state index contributed by atoms with van der Waals surface area (Å²) in [7, 11) is 0. The summed E-state index contributed by atoms with van der Waals surface area (Å²) < 4.78 is 0. The summed E-state index contributed by atoms with van der Waals surface area (Å²) in [5.74, 6) is 0. The van der Waals surface area contributed by atoms with E-state index in [0.29, 0.717) is 11.4 Å². The zero-order valence-electron chi connectivity index (χ0n) is 11.2. The van der Waals surface area contributed by atoms with Gasteiger partial charge in [0.2, 0.25) is 0 Å². The molecule has 3 heteroatoms. The third kappa shape index (κ3) is 3.79. The lowest BCUT2D eigenvalue weighted by Crippen LogP contribution is -2.04. The molecule has 0 aliphatic rings. The molecule has 1 aromatic carbocycles. The maximum absolute atomic E-state index is 10.3. The second-order valence-electron chi connectivity index (χ2n) is 4.79. The minimum absolute atomic E-state index is 0.504. The molecule has 19 heavy (non-hydrogen) atoms. The minimum Gasteiger partial charge on any atom is -0.388 e. The first-order valence-electron chi connectivity index (χ1n) is 6.47. The molecule has 0 spiro atoms. The molecule has 1 unspecified atom stereocenters. The molecule has 1 heterocycles. The summed E-state index contributed by atoms with van der Waals surface area (Å²) in [6, 6.07) is 9.67. The van der Waals surface area contributed by atoms with Gasteiger partial charge in [-0.3, -0.25) is 4.98 Å². The van der Waals surface area contributed by atoms with E-state index < -0.39 is 6.10 Å². The summed E-state index contributed by atoms with van der Waals surface area (Å²) in [5.41, 5.74) is 3.99. The summed E-state index contributed by atoms with van der Waals surface area (Å²) >= 11 is 6.01. The molecule has 0 saturated carbocycles. The van der Waals surface area contributed by atoms with Crippen LogP contribution in [0.25, 0.3) is 0 Å². The highest BCUT2D eigenvalue weighted by Gasteiger charge is 2.10. The van der Waals surface area contributed by atoms with Gasteiger partial charge in [-0.15, -0.1) is 0 Å². The van der Waals surface area contributed by atoms with Gasteiger partial charge in [-0.25, -0.2) is 0 Å². The Hall–Kier alpha value is -1.38. The van der Waals surface area contributed by atoms with E-state index in [2.05, 4.69) is 18.0 Å². The van der Waals surface area contributed by atoms with Crippen LogP contribution in [0, 0.1) is 6.92 Å². The molecule has 0 aliphatic heterocycles. The van der Waals surface area contributed by atoms with Crippen LogP contribution in [0.2, 0.25) is 5.02 Å².